The van der Waals surface area contributed by atoms with Gasteiger partial charge in [0.05, 0.1) is 11.9 Å². The van der Waals surface area contributed by atoms with E-state index in [-0.39, 0.29) is 18.1 Å². The first-order valence-corrected chi connectivity index (χ1v) is 8.59. The molecular weight excluding hydrogens is 363 g/mol. The van der Waals surface area contributed by atoms with E-state index in [1.165, 1.54) is 18.2 Å². The molecular formula is C18H20F3N3O3. The first-order valence-electron chi connectivity index (χ1n) is 8.59. The number of imidazole rings is 1. The molecule has 0 radical (unpaired) electrons. The van der Waals surface area contributed by atoms with E-state index >= 15 is 0 Å². The number of carbonyl (C=O) groups is 1. The number of amides is 1. The van der Waals surface area contributed by atoms with Crippen LogP contribution < -0.4 is 10.1 Å². The summed E-state index contributed by atoms with van der Waals surface area (Å²) in [6.07, 6.45) is 0.0965. The number of aromatic nitrogens is 2. The maximum atomic E-state index is 12.5. The molecule has 2 heterocycles. The van der Waals surface area contributed by atoms with Gasteiger partial charge in [0.2, 0.25) is 5.91 Å². The Kier molecular flexibility index (Phi) is 5.69. The SMILES string of the molecule is O=C(CCc1cnc[nH]1)NC1(c2cccc(OC(F)(F)F)c2)CCOCC1. The maximum absolute atomic E-state index is 12.5. The number of benzene rings is 1. The van der Waals surface area contributed by atoms with Gasteiger partial charge in [0.15, 0.2) is 0 Å². The fraction of sp³-hybridized carbons (Fsp3) is 0.444. The topological polar surface area (TPSA) is 76.2 Å². The lowest BCUT2D eigenvalue weighted by Gasteiger charge is -2.38. The highest BCUT2D eigenvalue weighted by atomic mass is 19.4. The van der Waals surface area contributed by atoms with Gasteiger partial charge in [-0.3, -0.25) is 4.79 Å². The van der Waals surface area contributed by atoms with Crippen LogP contribution in [-0.4, -0.2) is 35.5 Å². The molecule has 1 aromatic carbocycles. The van der Waals surface area contributed by atoms with Crippen molar-refractivity contribution in [2.75, 3.05) is 13.2 Å². The normalized spacial score (nSPS) is 16.7. The number of carbonyl (C=O) groups excluding carboxylic acids is 1. The number of ether oxygens (including phenoxy) is 2. The number of nitrogens with one attached hydrogen (secondary N) is 2. The second-order valence-corrected chi connectivity index (χ2v) is 6.40. The predicted molar refractivity (Wildman–Crippen MR) is 89.9 cm³/mol. The van der Waals surface area contributed by atoms with E-state index in [1.807, 2.05) is 0 Å². The number of H-pyrrole nitrogens is 1. The molecule has 0 bridgehead atoms. The third-order valence-corrected chi connectivity index (χ3v) is 4.52. The van der Waals surface area contributed by atoms with Crippen molar-refractivity contribution >= 4 is 5.91 Å². The standard InChI is InChI=1S/C18H20F3N3O3/c19-18(20,21)27-15-3-1-2-13(10-15)17(6-8-26-9-7-17)24-16(25)5-4-14-11-22-12-23-14/h1-3,10-12H,4-9H2,(H,22,23)(H,24,25). The van der Waals surface area contributed by atoms with Crippen LogP contribution in [0.2, 0.25) is 0 Å². The van der Waals surface area contributed by atoms with Crippen LogP contribution in [0, 0.1) is 0 Å². The van der Waals surface area contributed by atoms with Crippen LogP contribution in [0.3, 0.4) is 0 Å². The molecule has 27 heavy (non-hydrogen) atoms. The first kappa shape index (κ1) is 19.2. The van der Waals surface area contributed by atoms with E-state index in [9.17, 15) is 18.0 Å². The predicted octanol–water partition coefficient (Wildman–Crippen LogP) is 3.06. The maximum Gasteiger partial charge on any atom is 0.573 e. The lowest BCUT2D eigenvalue weighted by molar-refractivity contribution is -0.274. The summed E-state index contributed by atoms with van der Waals surface area (Å²) >= 11 is 0. The Hall–Kier alpha value is -2.55. The number of aromatic amines is 1. The largest absolute Gasteiger partial charge is 0.573 e. The van der Waals surface area contributed by atoms with Crippen molar-refractivity contribution in [1.29, 1.82) is 0 Å². The fourth-order valence-electron chi connectivity index (χ4n) is 3.20. The Morgan fingerprint density at radius 2 is 2.11 bits per heavy atom. The molecule has 2 aromatic rings. The van der Waals surface area contributed by atoms with E-state index in [2.05, 4.69) is 20.0 Å². The number of halogens is 3. The smallest absolute Gasteiger partial charge is 0.406 e. The molecule has 1 saturated heterocycles. The van der Waals surface area contributed by atoms with Gasteiger partial charge in [-0.1, -0.05) is 12.1 Å². The van der Waals surface area contributed by atoms with E-state index in [1.54, 1.807) is 18.6 Å². The van der Waals surface area contributed by atoms with Crippen LogP contribution in [0.25, 0.3) is 0 Å². The van der Waals surface area contributed by atoms with E-state index < -0.39 is 11.9 Å². The first-order chi connectivity index (χ1) is 12.9. The molecule has 3 rings (SSSR count). The number of aryl methyl sites for hydroxylation is 1. The minimum atomic E-state index is -4.77. The highest BCUT2D eigenvalue weighted by molar-refractivity contribution is 5.77. The third kappa shape index (κ3) is 5.22. The van der Waals surface area contributed by atoms with Crippen molar-refractivity contribution in [3.63, 3.8) is 0 Å². The average molecular weight is 383 g/mol. The van der Waals surface area contributed by atoms with Crippen molar-refractivity contribution in [3.8, 4) is 5.75 Å². The van der Waals surface area contributed by atoms with Gasteiger partial charge in [0, 0.05) is 31.5 Å². The van der Waals surface area contributed by atoms with Crippen molar-refractivity contribution < 1.29 is 27.4 Å². The summed E-state index contributed by atoms with van der Waals surface area (Å²) < 4.78 is 47.0. The van der Waals surface area contributed by atoms with Gasteiger partial charge < -0.3 is 19.8 Å². The lowest BCUT2D eigenvalue weighted by Crippen LogP contribution is -2.49. The van der Waals surface area contributed by atoms with E-state index in [4.69, 9.17) is 4.74 Å². The number of rotatable bonds is 6. The molecule has 0 saturated carbocycles. The Morgan fingerprint density at radius 1 is 1.33 bits per heavy atom. The summed E-state index contributed by atoms with van der Waals surface area (Å²) in [6, 6.07) is 5.76. The summed E-state index contributed by atoms with van der Waals surface area (Å²) in [5, 5.41) is 3.01. The van der Waals surface area contributed by atoms with Gasteiger partial charge in [0.1, 0.15) is 5.75 Å². The highest BCUT2D eigenvalue weighted by Gasteiger charge is 2.37. The lowest BCUT2D eigenvalue weighted by atomic mass is 9.82. The summed E-state index contributed by atoms with van der Waals surface area (Å²) in [6.45, 7) is 0.816. The van der Waals surface area contributed by atoms with Gasteiger partial charge in [0.25, 0.3) is 0 Å². The van der Waals surface area contributed by atoms with Crippen LogP contribution in [0.5, 0.6) is 5.75 Å². The van der Waals surface area contributed by atoms with E-state index in [0.717, 1.165) is 5.69 Å². The van der Waals surface area contributed by atoms with Gasteiger partial charge >= 0.3 is 6.36 Å². The van der Waals surface area contributed by atoms with Gasteiger partial charge in [-0.25, -0.2) is 4.98 Å². The minimum absolute atomic E-state index is 0.186. The molecule has 2 N–H and O–H groups in total. The van der Waals surface area contributed by atoms with Crippen molar-refractivity contribution in [3.05, 3.63) is 48.0 Å². The molecule has 0 aliphatic carbocycles. The van der Waals surface area contributed by atoms with Crippen LogP contribution in [0.15, 0.2) is 36.8 Å². The highest BCUT2D eigenvalue weighted by Crippen LogP contribution is 2.35. The number of hydrogen-bond acceptors (Lipinski definition) is 4. The van der Waals surface area contributed by atoms with Gasteiger partial charge in [-0.2, -0.15) is 0 Å². The quantitative estimate of drug-likeness (QED) is 0.804. The van der Waals surface area contributed by atoms with Gasteiger partial charge in [-0.15, -0.1) is 13.2 Å². The number of hydrogen-bond donors (Lipinski definition) is 2. The summed E-state index contributed by atoms with van der Waals surface area (Å²) in [4.78, 5) is 19.3. The molecule has 0 unspecified atom stereocenters. The fourth-order valence-corrected chi connectivity index (χ4v) is 3.20. The minimum Gasteiger partial charge on any atom is -0.406 e. The molecule has 1 aliphatic heterocycles. The Bertz CT molecular complexity index is 757. The zero-order chi connectivity index (χ0) is 19.3. The zero-order valence-electron chi connectivity index (χ0n) is 14.5. The number of nitrogens with zero attached hydrogens (tertiary/aromatic N) is 1. The van der Waals surface area contributed by atoms with Crippen LogP contribution in [0.4, 0.5) is 13.2 Å². The van der Waals surface area contributed by atoms with Gasteiger partial charge in [-0.05, 0) is 37.0 Å². The Labute approximate surface area is 154 Å². The monoisotopic (exact) mass is 383 g/mol. The second kappa shape index (κ2) is 7.99. The molecule has 1 amide bonds. The molecule has 9 heteroatoms. The zero-order valence-corrected chi connectivity index (χ0v) is 14.5. The Morgan fingerprint density at radius 3 is 2.78 bits per heavy atom. The summed E-state index contributed by atoms with van der Waals surface area (Å²) in [5.74, 6) is -0.494. The molecule has 1 fully saturated rings. The molecule has 0 atom stereocenters. The second-order valence-electron chi connectivity index (χ2n) is 6.40. The van der Waals surface area contributed by atoms with Crippen molar-refractivity contribution in [2.45, 2.75) is 37.6 Å². The third-order valence-electron chi connectivity index (χ3n) is 4.52. The summed E-state index contributed by atoms with van der Waals surface area (Å²) in [5.41, 5.74) is 0.628. The average Bonchev–Trinajstić information content (AvgIpc) is 3.13. The summed E-state index contributed by atoms with van der Waals surface area (Å²) in [7, 11) is 0. The Balaban J connectivity index is 1.76. The van der Waals surface area contributed by atoms with Crippen LogP contribution in [-0.2, 0) is 21.5 Å². The van der Waals surface area contributed by atoms with Crippen molar-refractivity contribution in [1.82, 2.24) is 15.3 Å². The van der Waals surface area contributed by atoms with E-state index in [0.29, 0.717) is 38.0 Å². The van der Waals surface area contributed by atoms with Crippen LogP contribution in [0.1, 0.15) is 30.5 Å². The number of alkyl halides is 3. The molecule has 1 aliphatic rings. The molecule has 1 aromatic heterocycles. The van der Waals surface area contributed by atoms with Crippen LogP contribution >= 0.6 is 0 Å². The molecule has 6 nitrogen and oxygen atoms in total. The molecule has 0 spiro atoms. The molecule has 146 valence electrons. The van der Waals surface area contributed by atoms with Crippen molar-refractivity contribution in [2.24, 2.45) is 0 Å².